The van der Waals surface area contributed by atoms with Crippen LogP contribution in [-0.2, 0) is 0 Å². The zero-order valence-corrected chi connectivity index (χ0v) is 13.8. The van der Waals surface area contributed by atoms with E-state index in [0.29, 0.717) is 5.92 Å². The van der Waals surface area contributed by atoms with Crippen molar-refractivity contribution in [2.75, 3.05) is 6.54 Å². The average Bonchev–Trinajstić information content (AvgIpc) is 3.36. The van der Waals surface area contributed by atoms with Gasteiger partial charge in [0.1, 0.15) is 11.9 Å². The van der Waals surface area contributed by atoms with Crippen LogP contribution in [0.5, 0.6) is 5.75 Å². The van der Waals surface area contributed by atoms with Crippen molar-refractivity contribution >= 4 is 16.8 Å². The number of likely N-dealkylation sites (tertiary alicyclic amines) is 1. The summed E-state index contributed by atoms with van der Waals surface area (Å²) < 4.78 is 6.18. The number of amides is 1. The first-order chi connectivity index (χ1) is 12.3. The predicted molar refractivity (Wildman–Crippen MR) is 94.5 cm³/mol. The normalized spacial score (nSPS) is 24.8. The molecule has 1 saturated carbocycles. The molecule has 25 heavy (non-hydrogen) atoms. The van der Waals surface area contributed by atoms with Gasteiger partial charge in [0, 0.05) is 41.3 Å². The number of piperidine rings is 1. The summed E-state index contributed by atoms with van der Waals surface area (Å²) in [4.78, 5) is 22.3. The SMILES string of the molecule is O=C(c1ccc2[nH]ccc2c1)N1C[C@H]2CC[C@H]1[C@H]2Oc1cccnc1. The number of hydrogen-bond donors (Lipinski definition) is 1. The lowest BCUT2D eigenvalue weighted by atomic mass is 10.1. The Morgan fingerprint density at radius 1 is 1.24 bits per heavy atom. The van der Waals surface area contributed by atoms with Gasteiger partial charge < -0.3 is 14.6 Å². The second-order valence-electron chi connectivity index (χ2n) is 6.91. The summed E-state index contributed by atoms with van der Waals surface area (Å²) in [5.74, 6) is 1.30. The fraction of sp³-hybridized carbons (Fsp3) is 0.300. The highest BCUT2D eigenvalue weighted by Crippen LogP contribution is 2.41. The van der Waals surface area contributed by atoms with E-state index in [1.165, 1.54) is 0 Å². The van der Waals surface area contributed by atoms with Gasteiger partial charge in [0.25, 0.3) is 5.91 Å². The van der Waals surface area contributed by atoms with E-state index < -0.39 is 0 Å². The van der Waals surface area contributed by atoms with E-state index >= 15 is 0 Å². The molecule has 2 bridgehead atoms. The molecule has 1 aliphatic carbocycles. The van der Waals surface area contributed by atoms with E-state index in [2.05, 4.69) is 9.97 Å². The van der Waals surface area contributed by atoms with Gasteiger partial charge in [-0.3, -0.25) is 9.78 Å². The predicted octanol–water partition coefficient (Wildman–Crippen LogP) is 3.24. The Morgan fingerprint density at radius 2 is 2.20 bits per heavy atom. The number of carbonyl (C=O) groups excluding carboxylic acids is 1. The lowest BCUT2D eigenvalue weighted by Crippen LogP contribution is -2.40. The van der Waals surface area contributed by atoms with Crippen molar-refractivity contribution in [1.82, 2.24) is 14.9 Å². The van der Waals surface area contributed by atoms with Crippen molar-refractivity contribution in [2.45, 2.75) is 25.0 Å². The van der Waals surface area contributed by atoms with E-state index in [0.717, 1.165) is 41.6 Å². The molecule has 1 N–H and O–H groups in total. The number of H-pyrrole nitrogens is 1. The number of rotatable bonds is 3. The Hall–Kier alpha value is -2.82. The summed E-state index contributed by atoms with van der Waals surface area (Å²) in [6.45, 7) is 0.777. The molecule has 0 spiro atoms. The van der Waals surface area contributed by atoms with Crippen LogP contribution in [0, 0.1) is 5.92 Å². The number of pyridine rings is 1. The number of carbonyl (C=O) groups is 1. The fourth-order valence-electron chi connectivity index (χ4n) is 4.28. The molecule has 3 heterocycles. The van der Waals surface area contributed by atoms with Crippen molar-refractivity contribution in [3.05, 3.63) is 60.6 Å². The number of ether oxygens (including phenoxy) is 1. The minimum Gasteiger partial charge on any atom is -0.486 e. The highest BCUT2D eigenvalue weighted by molar-refractivity contribution is 5.98. The largest absolute Gasteiger partial charge is 0.486 e. The van der Waals surface area contributed by atoms with E-state index in [1.807, 2.05) is 47.5 Å². The molecule has 0 radical (unpaired) electrons. The summed E-state index contributed by atoms with van der Waals surface area (Å²) in [5, 5.41) is 1.07. The maximum absolute atomic E-state index is 13.0. The molecule has 1 aliphatic heterocycles. The first-order valence-electron chi connectivity index (χ1n) is 8.74. The van der Waals surface area contributed by atoms with Gasteiger partial charge in [-0.1, -0.05) is 0 Å². The highest BCUT2D eigenvalue weighted by atomic mass is 16.5. The molecule has 5 heteroatoms. The third kappa shape index (κ3) is 2.38. The monoisotopic (exact) mass is 333 g/mol. The van der Waals surface area contributed by atoms with Crippen LogP contribution in [-0.4, -0.2) is 39.5 Å². The number of nitrogens with one attached hydrogen (secondary N) is 1. The fourth-order valence-corrected chi connectivity index (χ4v) is 4.28. The van der Waals surface area contributed by atoms with Crippen molar-refractivity contribution < 1.29 is 9.53 Å². The van der Waals surface area contributed by atoms with Gasteiger partial charge in [0.05, 0.1) is 12.2 Å². The Bertz CT molecular complexity index is 921. The van der Waals surface area contributed by atoms with Crippen LogP contribution >= 0.6 is 0 Å². The molecule has 3 atom stereocenters. The van der Waals surface area contributed by atoms with Crippen molar-refractivity contribution in [2.24, 2.45) is 5.92 Å². The average molecular weight is 333 g/mol. The van der Waals surface area contributed by atoms with Crippen LogP contribution in [0.3, 0.4) is 0 Å². The van der Waals surface area contributed by atoms with Crippen molar-refractivity contribution in [1.29, 1.82) is 0 Å². The number of aromatic amines is 1. The van der Waals surface area contributed by atoms with Gasteiger partial charge in [-0.2, -0.15) is 0 Å². The van der Waals surface area contributed by atoms with E-state index in [-0.39, 0.29) is 18.1 Å². The summed E-state index contributed by atoms with van der Waals surface area (Å²) >= 11 is 0. The third-order valence-electron chi connectivity index (χ3n) is 5.48. The Labute approximate surface area is 145 Å². The molecule has 2 fully saturated rings. The van der Waals surface area contributed by atoms with Crippen LogP contribution in [0.4, 0.5) is 0 Å². The maximum atomic E-state index is 13.0. The minimum absolute atomic E-state index is 0.0733. The number of hydrogen-bond acceptors (Lipinski definition) is 3. The van der Waals surface area contributed by atoms with Crippen molar-refractivity contribution in [3.63, 3.8) is 0 Å². The molecule has 1 saturated heterocycles. The second kappa shape index (κ2) is 5.62. The smallest absolute Gasteiger partial charge is 0.254 e. The minimum atomic E-state index is 0.0733. The Morgan fingerprint density at radius 3 is 3.08 bits per heavy atom. The first kappa shape index (κ1) is 14.5. The molecular formula is C20H19N3O2. The van der Waals surface area contributed by atoms with Gasteiger partial charge in [-0.15, -0.1) is 0 Å². The topological polar surface area (TPSA) is 58.2 Å². The van der Waals surface area contributed by atoms with Gasteiger partial charge >= 0.3 is 0 Å². The molecule has 0 unspecified atom stereocenters. The zero-order chi connectivity index (χ0) is 16.8. The van der Waals surface area contributed by atoms with Crippen LogP contribution in [0.1, 0.15) is 23.2 Å². The quantitative estimate of drug-likeness (QED) is 0.800. The molecule has 5 rings (SSSR count). The van der Waals surface area contributed by atoms with E-state index in [9.17, 15) is 4.79 Å². The molecule has 2 aromatic heterocycles. The van der Waals surface area contributed by atoms with Crippen LogP contribution in [0.2, 0.25) is 0 Å². The van der Waals surface area contributed by atoms with Crippen molar-refractivity contribution in [3.8, 4) is 5.75 Å². The second-order valence-corrected chi connectivity index (χ2v) is 6.91. The van der Waals surface area contributed by atoms with Gasteiger partial charge in [0.2, 0.25) is 0 Å². The molecule has 3 aromatic rings. The molecule has 2 aliphatic rings. The lowest BCUT2D eigenvalue weighted by Gasteiger charge is -2.27. The Kier molecular flexibility index (Phi) is 3.26. The van der Waals surface area contributed by atoms with Gasteiger partial charge in [-0.25, -0.2) is 0 Å². The van der Waals surface area contributed by atoms with Gasteiger partial charge in [-0.05, 0) is 49.2 Å². The summed E-state index contributed by atoms with van der Waals surface area (Å²) in [6.07, 6.45) is 7.58. The van der Waals surface area contributed by atoms with E-state index in [4.69, 9.17) is 4.74 Å². The number of fused-ring (bicyclic) bond motifs is 3. The number of aromatic nitrogens is 2. The molecule has 1 amide bonds. The highest BCUT2D eigenvalue weighted by Gasteiger charge is 2.50. The Balaban J connectivity index is 1.38. The number of nitrogens with zero attached hydrogens (tertiary/aromatic N) is 2. The lowest BCUT2D eigenvalue weighted by molar-refractivity contribution is 0.0667. The summed E-state index contributed by atoms with van der Waals surface area (Å²) in [6, 6.07) is 11.8. The van der Waals surface area contributed by atoms with E-state index in [1.54, 1.807) is 12.4 Å². The molecule has 126 valence electrons. The third-order valence-corrected chi connectivity index (χ3v) is 5.48. The first-order valence-corrected chi connectivity index (χ1v) is 8.74. The van der Waals surface area contributed by atoms with Crippen LogP contribution < -0.4 is 4.74 Å². The zero-order valence-electron chi connectivity index (χ0n) is 13.8. The van der Waals surface area contributed by atoms with Crippen LogP contribution in [0.15, 0.2) is 55.0 Å². The molecule has 5 nitrogen and oxygen atoms in total. The standard InChI is InChI=1S/C20H19N3O2/c24-20(14-3-5-17-13(10-14)7-9-22-17)23-12-15-4-6-18(23)19(15)25-16-2-1-8-21-11-16/h1-3,5,7-11,15,18-19,22H,4,6,12H2/t15-,18+,19+/m1/s1. The molecule has 1 aromatic carbocycles. The van der Waals surface area contributed by atoms with Gasteiger partial charge in [0.15, 0.2) is 0 Å². The maximum Gasteiger partial charge on any atom is 0.254 e. The summed E-state index contributed by atoms with van der Waals surface area (Å²) in [5.41, 5.74) is 1.80. The van der Waals surface area contributed by atoms with Crippen LogP contribution in [0.25, 0.3) is 10.9 Å². The molecular weight excluding hydrogens is 314 g/mol. The summed E-state index contributed by atoms with van der Waals surface area (Å²) in [7, 11) is 0. The number of benzene rings is 1.